The minimum atomic E-state index is -0.395. The number of nitrogens with one attached hydrogen (secondary N) is 1. The molecular formula is C25H25N3O2S2. The minimum Gasteiger partial charge on any atom is -0.353 e. The molecule has 1 N–H and O–H groups in total. The maximum Gasteiger partial charge on any atom is 0.267 e. The molecule has 1 amide bonds. The Morgan fingerprint density at radius 2 is 1.75 bits per heavy atom. The lowest BCUT2D eigenvalue weighted by Gasteiger charge is -2.19. The molecule has 5 nitrogen and oxygen atoms in total. The summed E-state index contributed by atoms with van der Waals surface area (Å²) in [7, 11) is 0. The Morgan fingerprint density at radius 3 is 2.47 bits per heavy atom. The molecule has 2 atom stereocenters. The average molecular weight is 464 g/mol. The number of carbonyl (C=O) groups excluding carboxylic acids is 1. The zero-order valence-corrected chi connectivity index (χ0v) is 19.7. The summed E-state index contributed by atoms with van der Waals surface area (Å²) >= 11 is 2.74. The highest BCUT2D eigenvalue weighted by Gasteiger charge is 2.21. The first kappa shape index (κ1) is 22.3. The Hall–Kier alpha value is -2.90. The highest BCUT2D eigenvalue weighted by molar-refractivity contribution is 8.00. The van der Waals surface area contributed by atoms with Gasteiger partial charge in [-0.05, 0) is 55.8 Å². The fourth-order valence-corrected chi connectivity index (χ4v) is 5.19. The van der Waals surface area contributed by atoms with Crippen molar-refractivity contribution in [2.45, 2.75) is 43.1 Å². The molecule has 2 aromatic heterocycles. The lowest BCUT2D eigenvalue weighted by Crippen LogP contribution is -2.38. The van der Waals surface area contributed by atoms with E-state index in [-0.39, 0.29) is 17.5 Å². The number of hydrogen-bond donors (Lipinski definition) is 1. The lowest BCUT2D eigenvalue weighted by atomic mass is 10.1. The number of hydrogen-bond acceptors (Lipinski definition) is 5. The zero-order chi connectivity index (χ0) is 22.5. The van der Waals surface area contributed by atoms with Crippen LogP contribution in [0.3, 0.4) is 0 Å². The number of rotatable bonds is 8. The standard InChI is InChI=1S/C25H25N3O2S2/c1-17(13-14-19-9-5-3-6-10-19)26-22(29)18(2)32-25-27-23-21(15-16-31-23)24(30)28(25)20-11-7-4-8-12-20/h3-12,15-18H,13-14H2,1-2H3,(H,26,29)/t17-,18-/m1/s1. The van der Waals surface area contributed by atoms with Gasteiger partial charge in [0, 0.05) is 6.04 Å². The van der Waals surface area contributed by atoms with E-state index in [2.05, 4.69) is 17.4 Å². The Bertz CT molecular complexity index is 1250. The smallest absolute Gasteiger partial charge is 0.267 e. The van der Waals surface area contributed by atoms with Gasteiger partial charge in [0.2, 0.25) is 5.91 Å². The van der Waals surface area contributed by atoms with Gasteiger partial charge in [-0.15, -0.1) is 11.3 Å². The number of aromatic nitrogens is 2. The molecule has 7 heteroatoms. The number of benzene rings is 2. The minimum absolute atomic E-state index is 0.0507. The van der Waals surface area contributed by atoms with Gasteiger partial charge >= 0.3 is 0 Å². The van der Waals surface area contributed by atoms with E-state index in [1.807, 2.05) is 67.8 Å². The van der Waals surface area contributed by atoms with E-state index in [1.165, 1.54) is 28.7 Å². The topological polar surface area (TPSA) is 64.0 Å². The molecule has 0 bridgehead atoms. The van der Waals surface area contributed by atoms with Crippen molar-refractivity contribution in [3.63, 3.8) is 0 Å². The zero-order valence-electron chi connectivity index (χ0n) is 18.0. The van der Waals surface area contributed by atoms with Crippen molar-refractivity contribution in [1.29, 1.82) is 0 Å². The molecule has 0 aliphatic carbocycles. The van der Waals surface area contributed by atoms with E-state index in [1.54, 1.807) is 10.6 Å². The van der Waals surface area contributed by atoms with Gasteiger partial charge in [-0.1, -0.05) is 60.3 Å². The van der Waals surface area contributed by atoms with Crippen LogP contribution in [0.15, 0.2) is 82.1 Å². The highest BCUT2D eigenvalue weighted by Crippen LogP contribution is 2.27. The van der Waals surface area contributed by atoms with Crippen LogP contribution in [-0.2, 0) is 11.2 Å². The molecule has 0 saturated heterocycles. The molecule has 0 saturated carbocycles. The van der Waals surface area contributed by atoms with Crippen LogP contribution in [0.5, 0.6) is 0 Å². The first-order valence-corrected chi connectivity index (χ1v) is 12.4. The second kappa shape index (κ2) is 10.1. The molecule has 2 aromatic carbocycles. The van der Waals surface area contributed by atoms with E-state index in [9.17, 15) is 9.59 Å². The van der Waals surface area contributed by atoms with Crippen molar-refractivity contribution < 1.29 is 4.79 Å². The molecule has 0 radical (unpaired) electrons. The molecule has 0 unspecified atom stereocenters. The summed E-state index contributed by atoms with van der Waals surface area (Å²) in [4.78, 5) is 31.4. The van der Waals surface area contributed by atoms with Crippen LogP contribution in [0, 0.1) is 0 Å². The number of thiophene rings is 1. The second-order valence-electron chi connectivity index (χ2n) is 7.70. The molecule has 0 fully saturated rings. The van der Waals surface area contributed by atoms with Crippen molar-refractivity contribution in [2.24, 2.45) is 0 Å². The fourth-order valence-electron chi connectivity index (χ4n) is 3.45. The predicted molar refractivity (Wildman–Crippen MR) is 133 cm³/mol. The predicted octanol–water partition coefficient (Wildman–Crippen LogP) is 5.07. The molecule has 4 aromatic rings. The third-order valence-electron chi connectivity index (χ3n) is 5.23. The molecule has 32 heavy (non-hydrogen) atoms. The third-order valence-corrected chi connectivity index (χ3v) is 7.09. The van der Waals surface area contributed by atoms with E-state index < -0.39 is 5.25 Å². The molecule has 0 aliphatic rings. The van der Waals surface area contributed by atoms with Crippen molar-refractivity contribution in [3.8, 4) is 5.69 Å². The largest absolute Gasteiger partial charge is 0.353 e. The van der Waals surface area contributed by atoms with Crippen molar-refractivity contribution in [3.05, 3.63) is 88.0 Å². The highest BCUT2D eigenvalue weighted by atomic mass is 32.2. The van der Waals surface area contributed by atoms with E-state index >= 15 is 0 Å². The summed E-state index contributed by atoms with van der Waals surface area (Å²) in [5, 5.41) is 5.69. The summed E-state index contributed by atoms with van der Waals surface area (Å²) in [6.45, 7) is 3.87. The maximum absolute atomic E-state index is 13.2. The molecule has 4 rings (SSSR count). The molecule has 164 valence electrons. The van der Waals surface area contributed by atoms with E-state index in [0.717, 1.165) is 18.5 Å². The Morgan fingerprint density at radius 1 is 1.06 bits per heavy atom. The van der Waals surface area contributed by atoms with Crippen LogP contribution < -0.4 is 10.9 Å². The molecule has 0 spiro atoms. The van der Waals surface area contributed by atoms with E-state index in [0.29, 0.717) is 15.4 Å². The molecule has 0 aliphatic heterocycles. The molecule has 2 heterocycles. The average Bonchev–Trinajstić information content (AvgIpc) is 3.28. The normalized spacial score (nSPS) is 13.1. The van der Waals surface area contributed by atoms with Crippen molar-refractivity contribution in [2.75, 3.05) is 0 Å². The number of aryl methyl sites for hydroxylation is 1. The van der Waals surface area contributed by atoms with Gasteiger partial charge in [0.05, 0.1) is 16.3 Å². The number of para-hydroxylation sites is 1. The second-order valence-corrected chi connectivity index (χ2v) is 9.91. The van der Waals surface area contributed by atoms with Crippen LogP contribution in [0.1, 0.15) is 25.8 Å². The number of amides is 1. The summed E-state index contributed by atoms with van der Waals surface area (Å²) in [6, 6.07) is 21.5. The quantitative estimate of drug-likeness (QED) is 0.293. The van der Waals surface area contributed by atoms with Gasteiger partial charge in [-0.2, -0.15) is 0 Å². The maximum atomic E-state index is 13.2. The molecular weight excluding hydrogens is 438 g/mol. The van der Waals surface area contributed by atoms with Crippen LogP contribution in [-0.4, -0.2) is 26.8 Å². The number of carbonyl (C=O) groups is 1. The van der Waals surface area contributed by atoms with Gasteiger partial charge in [0.1, 0.15) is 4.83 Å². The van der Waals surface area contributed by atoms with Crippen molar-refractivity contribution in [1.82, 2.24) is 14.9 Å². The summed E-state index contributed by atoms with van der Waals surface area (Å²) in [5.41, 5.74) is 1.88. The first-order chi connectivity index (χ1) is 15.5. The van der Waals surface area contributed by atoms with Gasteiger partial charge in [-0.3, -0.25) is 14.2 Å². The van der Waals surface area contributed by atoms with Gasteiger partial charge < -0.3 is 5.32 Å². The summed E-state index contributed by atoms with van der Waals surface area (Å²) in [5.74, 6) is -0.0595. The number of fused-ring (bicyclic) bond motifs is 1. The SMILES string of the molecule is C[C@H](CCc1ccccc1)NC(=O)[C@@H](C)Sc1nc2sccc2c(=O)n1-c1ccccc1. The van der Waals surface area contributed by atoms with Gasteiger partial charge in [0.15, 0.2) is 5.16 Å². The lowest BCUT2D eigenvalue weighted by molar-refractivity contribution is -0.120. The monoisotopic (exact) mass is 463 g/mol. The Labute approximate surface area is 195 Å². The third kappa shape index (κ3) is 5.11. The van der Waals surface area contributed by atoms with Crippen molar-refractivity contribution >= 4 is 39.2 Å². The number of thioether (sulfide) groups is 1. The van der Waals surface area contributed by atoms with Crippen LogP contribution in [0.4, 0.5) is 0 Å². The first-order valence-electron chi connectivity index (χ1n) is 10.6. The summed E-state index contributed by atoms with van der Waals surface area (Å²) in [6.07, 6.45) is 1.77. The van der Waals surface area contributed by atoms with Crippen LogP contribution in [0.25, 0.3) is 15.9 Å². The van der Waals surface area contributed by atoms with E-state index in [4.69, 9.17) is 4.98 Å². The van der Waals surface area contributed by atoms with Gasteiger partial charge in [0.25, 0.3) is 5.56 Å². The van der Waals surface area contributed by atoms with Crippen LogP contribution >= 0.6 is 23.1 Å². The fraction of sp³-hybridized carbons (Fsp3) is 0.240. The number of nitrogens with zero attached hydrogens (tertiary/aromatic N) is 2. The van der Waals surface area contributed by atoms with Gasteiger partial charge in [-0.25, -0.2) is 4.98 Å². The van der Waals surface area contributed by atoms with Crippen LogP contribution in [0.2, 0.25) is 0 Å². The summed E-state index contributed by atoms with van der Waals surface area (Å²) < 4.78 is 1.60. The Balaban J connectivity index is 1.50. The Kier molecular flexibility index (Phi) is 7.07.